The Morgan fingerprint density at radius 3 is 2.41 bits per heavy atom. The Bertz CT molecular complexity index is 532. The largest absolute Gasteiger partial charge is 0.390 e. The molecule has 2 rings (SSSR count). The number of aromatic nitrogens is 2. The Hall–Kier alpha value is -1.30. The van der Waals surface area contributed by atoms with Crippen LogP contribution in [0.25, 0.3) is 11.4 Å². The van der Waals surface area contributed by atoms with Crippen molar-refractivity contribution < 1.29 is 10.2 Å². The van der Waals surface area contributed by atoms with Gasteiger partial charge in [-0.2, -0.15) is 0 Å². The van der Waals surface area contributed by atoms with Gasteiger partial charge in [-0.25, -0.2) is 9.97 Å². The number of aliphatic hydroxyl groups is 2. The van der Waals surface area contributed by atoms with Crippen molar-refractivity contribution in [2.75, 3.05) is 0 Å². The number of halogens is 1. The Morgan fingerprint density at radius 2 is 1.71 bits per heavy atom. The lowest BCUT2D eigenvalue weighted by Gasteiger charge is -2.05. The molecule has 0 fully saturated rings. The summed E-state index contributed by atoms with van der Waals surface area (Å²) in [6, 6.07) is 9.01. The molecule has 0 aliphatic rings. The third-order valence-corrected chi connectivity index (χ3v) is 3.02. The van der Waals surface area contributed by atoms with E-state index < -0.39 is 0 Å². The predicted molar refractivity (Wildman–Crippen MR) is 67.0 cm³/mol. The summed E-state index contributed by atoms with van der Waals surface area (Å²) in [5, 5.41) is 18.2. The molecule has 2 aromatic heterocycles. The van der Waals surface area contributed by atoms with Gasteiger partial charge in [0, 0.05) is 4.47 Å². The van der Waals surface area contributed by atoms with Gasteiger partial charge in [-0.1, -0.05) is 6.07 Å². The normalized spacial score (nSPS) is 10.5. The average Bonchev–Trinajstić information content (AvgIpc) is 2.39. The molecule has 0 unspecified atom stereocenters. The van der Waals surface area contributed by atoms with E-state index in [4.69, 9.17) is 10.2 Å². The third-order valence-electron chi connectivity index (χ3n) is 2.30. The van der Waals surface area contributed by atoms with E-state index in [1.807, 2.05) is 24.3 Å². The van der Waals surface area contributed by atoms with Crippen molar-refractivity contribution in [2.24, 2.45) is 0 Å². The minimum atomic E-state index is -0.131. The molecule has 0 radical (unpaired) electrons. The van der Waals surface area contributed by atoms with Gasteiger partial charge in [-0.05, 0) is 40.2 Å². The maximum Gasteiger partial charge on any atom is 0.0891 e. The standard InChI is InChI=1S/C12H11BrN2O2/c13-9-4-5-11(15-12(9)7-17)10-3-1-2-8(6-16)14-10/h1-5,16-17H,6-7H2. The summed E-state index contributed by atoms with van der Waals surface area (Å²) in [5.41, 5.74) is 2.52. The molecular weight excluding hydrogens is 284 g/mol. The highest BCUT2D eigenvalue weighted by molar-refractivity contribution is 9.10. The van der Waals surface area contributed by atoms with Crippen molar-refractivity contribution in [3.05, 3.63) is 46.2 Å². The summed E-state index contributed by atoms with van der Waals surface area (Å²) in [5.74, 6) is 0. The molecule has 2 N–H and O–H groups in total. The van der Waals surface area contributed by atoms with Crippen LogP contribution in [0.1, 0.15) is 11.4 Å². The molecule has 2 heterocycles. The molecule has 0 saturated carbocycles. The van der Waals surface area contributed by atoms with Crippen LogP contribution in [0, 0.1) is 0 Å². The number of pyridine rings is 2. The van der Waals surface area contributed by atoms with Crippen LogP contribution in [0.4, 0.5) is 0 Å². The van der Waals surface area contributed by atoms with Crippen molar-refractivity contribution in [2.45, 2.75) is 13.2 Å². The molecule has 0 amide bonds. The fourth-order valence-corrected chi connectivity index (χ4v) is 1.79. The van der Waals surface area contributed by atoms with Gasteiger partial charge in [0.05, 0.1) is 36.0 Å². The smallest absolute Gasteiger partial charge is 0.0891 e. The summed E-state index contributed by atoms with van der Waals surface area (Å²) in [7, 11) is 0. The van der Waals surface area contributed by atoms with E-state index in [1.165, 1.54) is 0 Å². The van der Waals surface area contributed by atoms with Crippen LogP contribution in [0.15, 0.2) is 34.8 Å². The van der Waals surface area contributed by atoms with Crippen LogP contribution in [0.3, 0.4) is 0 Å². The van der Waals surface area contributed by atoms with Crippen LogP contribution >= 0.6 is 15.9 Å². The minimum Gasteiger partial charge on any atom is -0.390 e. The van der Waals surface area contributed by atoms with Crippen LogP contribution in [0.2, 0.25) is 0 Å². The molecule has 2 aromatic rings. The second kappa shape index (κ2) is 5.35. The van der Waals surface area contributed by atoms with Crippen LogP contribution in [-0.2, 0) is 13.2 Å². The molecule has 0 saturated heterocycles. The molecule has 0 aliphatic carbocycles. The molecular formula is C12H11BrN2O2. The highest BCUT2D eigenvalue weighted by Gasteiger charge is 2.06. The third kappa shape index (κ3) is 2.69. The zero-order valence-electron chi connectivity index (χ0n) is 8.97. The summed E-state index contributed by atoms with van der Waals surface area (Å²) < 4.78 is 0.766. The summed E-state index contributed by atoms with van der Waals surface area (Å²) in [6.45, 7) is -0.231. The fourth-order valence-electron chi connectivity index (χ4n) is 1.45. The zero-order valence-corrected chi connectivity index (χ0v) is 10.6. The SMILES string of the molecule is OCc1cccc(-c2ccc(Br)c(CO)n2)n1. The number of nitrogens with zero attached hydrogens (tertiary/aromatic N) is 2. The van der Waals surface area contributed by atoms with Crippen molar-refractivity contribution in [1.82, 2.24) is 9.97 Å². The summed E-state index contributed by atoms with van der Waals surface area (Å²) >= 11 is 3.31. The van der Waals surface area contributed by atoms with Crippen molar-refractivity contribution in [3.8, 4) is 11.4 Å². The average molecular weight is 295 g/mol. The monoisotopic (exact) mass is 294 g/mol. The molecule has 0 bridgehead atoms. The molecule has 0 aromatic carbocycles. The zero-order chi connectivity index (χ0) is 12.3. The minimum absolute atomic E-state index is 0.1000. The Labute approximate surface area is 107 Å². The molecule has 17 heavy (non-hydrogen) atoms. The number of aliphatic hydroxyl groups excluding tert-OH is 2. The van der Waals surface area contributed by atoms with Gasteiger partial charge in [-0.15, -0.1) is 0 Å². The van der Waals surface area contributed by atoms with E-state index in [9.17, 15) is 0 Å². The first-order chi connectivity index (χ1) is 8.24. The second-order valence-corrected chi connectivity index (χ2v) is 4.31. The molecule has 0 aliphatic heterocycles. The quantitative estimate of drug-likeness (QED) is 0.907. The molecule has 5 heteroatoms. The number of hydrogen-bond acceptors (Lipinski definition) is 4. The van der Waals surface area contributed by atoms with Crippen molar-refractivity contribution in [1.29, 1.82) is 0 Å². The van der Waals surface area contributed by atoms with Crippen LogP contribution in [0.5, 0.6) is 0 Å². The second-order valence-electron chi connectivity index (χ2n) is 3.46. The molecule has 4 nitrogen and oxygen atoms in total. The highest BCUT2D eigenvalue weighted by atomic mass is 79.9. The van der Waals surface area contributed by atoms with Gasteiger partial charge in [0.1, 0.15) is 0 Å². The van der Waals surface area contributed by atoms with Gasteiger partial charge in [0.15, 0.2) is 0 Å². The van der Waals surface area contributed by atoms with Gasteiger partial charge >= 0.3 is 0 Å². The van der Waals surface area contributed by atoms with E-state index in [-0.39, 0.29) is 13.2 Å². The van der Waals surface area contributed by atoms with E-state index in [0.717, 1.165) is 4.47 Å². The van der Waals surface area contributed by atoms with Gasteiger partial charge in [0.25, 0.3) is 0 Å². The van der Waals surface area contributed by atoms with Crippen LogP contribution < -0.4 is 0 Å². The Morgan fingerprint density at radius 1 is 0.941 bits per heavy atom. The van der Waals surface area contributed by atoms with E-state index in [0.29, 0.717) is 22.8 Å². The van der Waals surface area contributed by atoms with Crippen LogP contribution in [-0.4, -0.2) is 20.2 Å². The maximum absolute atomic E-state index is 9.14. The lowest BCUT2D eigenvalue weighted by atomic mass is 10.2. The highest BCUT2D eigenvalue weighted by Crippen LogP contribution is 2.21. The topological polar surface area (TPSA) is 66.2 Å². The predicted octanol–water partition coefficient (Wildman–Crippen LogP) is 1.89. The maximum atomic E-state index is 9.14. The number of rotatable bonds is 3. The summed E-state index contributed by atoms with van der Waals surface area (Å²) in [6.07, 6.45) is 0. The Kier molecular flexibility index (Phi) is 3.83. The lowest BCUT2D eigenvalue weighted by Crippen LogP contribution is -1.96. The fraction of sp³-hybridized carbons (Fsp3) is 0.167. The lowest BCUT2D eigenvalue weighted by molar-refractivity contribution is 0.275. The van der Waals surface area contributed by atoms with E-state index >= 15 is 0 Å². The van der Waals surface area contributed by atoms with Gasteiger partial charge in [-0.3, -0.25) is 0 Å². The first-order valence-corrected chi connectivity index (χ1v) is 5.87. The van der Waals surface area contributed by atoms with Gasteiger partial charge < -0.3 is 10.2 Å². The molecule has 88 valence electrons. The van der Waals surface area contributed by atoms with E-state index in [2.05, 4.69) is 25.9 Å². The van der Waals surface area contributed by atoms with Crippen molar-refractivity contribution >= 4 is 15.9 Å². The van der Waals surface area contributed by atoms with E-state index in [1.54, 1.807) is 6.07 Å². The molecule has 0 atom stereocenters. The number of hydrogen-bond donors (Lipinski definition) is 2. The molecule has 0 spiro atoms. The van der Waals surface area contributed by atoms with Crippen molar-refractivity contribution in [3.63, 3.8) is 0 Å². The summed E-state index contributed by atoms with van der Waals surface area (Å²) in [4.78, 5) is 8.55. The Balaban J connectivity index is 2.45. The first kappa shape index (κ1) is 12.2. The first-order valence-electron chi connectivity index (χ1n) is 5.08. The van der Waals surface area contributed by atoms with Gasteiger partial charge in [0.2, 0.25) is 0 Å².